The minimum Gasteiger partial charge on any atom is -0.378 e. The molecule has 0 N–H and O–H groups in total. The van der Waals surface area contributed by atoms with Gasteiger partial charge in [-0.05, 0) is 66.5 Å². The van der Waals surface area contributed by atoms with E-state index >= 15 is 0 Å². The smallest absolute Gasteiger partial charge is 0.166 e. The molecule has 0 radical (unpaired) electrons. The first-order valence-electron chi connectivity index (χ1n) is 11.6. The van der Waals surface area contributed by atoms with Crippen molar-refractivity contribution < 1.29 is 17.9 Å². The SMILES string of the molecule is CC=CCc1ccc(-c2ccc(-c3ccc(C4CCC(CC)OC4)c(F)c3)cc2)c(F)c1F. The third-order valence-corrected chi connectivity index (χ3v) is 6.53. The number of ether oxygens (including phenoxy) is 1. The minimum absolute atomic E-state index is 0.0814. The van der Waals surface area contributed by atoms with Gasteiger partial charge < -0.3 is 4.74 Å². The lowest BCUT2D eigenvalue weighted by molar-refractivity contribution is 0.00141. The highest BCUT2D eigenvalue weighted by Crippen LogP contribution is 2.34. The fourth-order valence-electron chi connectivity index (χ4n) is 4.47. The molecule has 0 aliphatic carbocycles. The molecule has 33 heavy (non-hydrogen) atoms. The number of rotatable bonds is 6. The Bertz CT molecular complexity index is 1130. The van der Waals surface area contributed by atoms with Crippen LogP contribution < -0.4 is 0 Å². The van der Waals surface area contributed by atoms with Crippen LogP contribution in [0.4, 0.5) is 13.2 Å². The van der Waals surface area contributed by atoms with Gasteiger partial charge in [-0.25, -0.2) is 13.2 Å². The van der Waals surface area contributed by atoms with Crippen LogP contribution in [0.5, 0.6) is 0 Å². The molecule has 0 amide bonds. The molecule has 2 unspecified atom stereocenters. The zero-order valence-electron chi connectivity index (χ0n) is 19.1. The Balaban J connectivity index is 1.53. The number of benzene rings is 3. The van der Waals surface area contributed by atoms with E-state index in [9.17, 15) is 13.2 Å². The standard InChI is InChI=1S/C29H29F3O/c1-3-5-6-21-12-16-26(29(32)28(21)31)20-9-7-19(8-10-20)22-13-15-25(27(30)17-22)23-11-14-24(4-2)33-18-23/h3,5,7-10,12-13,15-17,23-24H,4,6,11,14,18H2,1-2H3. The Hall–Kier alpha value is -2.85. The van der Waals surface area contributed by atoms with Gasteiger partial charge in [-0.2, -0.15) is 0 Å². The topological polar surface area (TPSA) is 9.23 Å². The summed E-state index contributed by atoms with van der Waals surface area (Å²) in [6, 6.07) is 15.6. The van der Waals surface area contributed by atoms with Crippen LogP contribution in [-0.2, 0) is 11.2 Å². The summed E-state index contributed by atoms with van der Waals surface area (Å²) >= 11 is 0. The van der Waals surface area contributed by atoms with Crippen LogP contribution in [0, 0.1) is 17.5 Å². The Morgan fingerprint density at radius 1 is 0.879 bits per heavy atom. The van der Waals surface area contributed by atoms with E-state index in [1.165, 1.54) is 0 Å². The zero-order valence-corrected chi connectivity index (χ0v) is 19.1. The second kappa shape index (κ2) is 10.4. The predicted molar refractivity (Wildman–Crippen MR) is 128 cm³/mol. The summed E-state index contributed by atoms with van der Waals surface area (Å²) in [5.74, 6) is -1.81. The molecule has 172 valence electrons. The lowest BCUT2D eigenvalue weighted by Crippen LogP contribution is -2.24. The van der Waals surface area contributed by atoms with Crippen LogP contribution in [0.25, 0.3) is 22.3 Å². The quantitative estimate of drug-likeness (QED) is 0.344. The van der Waals surface area contributed by atoms with Gasteiger partial charge in [-0.3, -0.25) is 0 Å². The number of allylic oxidation sites excluding steroid dienone is 2. The molecule has 1 fully saturated rings. The van der Waals surface area contributed by atoms with Crippen molar-refractivity contribution in [1.82, 2.24) is 0 Å². The van der Waals surface area contributed by atoms with Crippen LogP contribution in [0.15, 0.2) is 66.7 Å². The summed E-state index contributed by atoms with van der Waals surface area (Å²) in [4.78, 5) is 0. The first kappa shape index (κ1) is 23.3. The van der Waals surface area contributed by atoms with Crippen LogP contribution in [0.1, 0.15) is 50.2 Å². The first-order valence-corrected chi connectivity index (χ1v) is 11.6. The molecule has 0 saturated carbocycles. The molecule has 3 aromatic rings. The summed E-state index contributed by atoms with van der Waals surface area (Å²) in [6.45, 7) is 4.51. The fourth-order valence-corrected chi connectivity index (χ4v) is 4.47. The largest absolute Gasteiger partial charge is 0.378 e. The van der Waals surface area contributed by atoms with E-state index in [2.05, 4.69) is 6.92 Å². The third-order valence-electron chi connectivity index (χ3n) is 6.53. The van der Waals surface area contributed by atoms with Gasteiger partial charge in [0, 0.05) is 11.5 Å². The molecule has 1 aliphatic heterocycles. The summed E-state index contributed by atoms with van der Waals surface area (Å²) in [5.41, 5.74) is 3.39. The maximum atomic E-state index is 14.9. The summed E-state index contributed by atoms with van der Waals surface area (Å²) in [6.07, 6.45) is 7.11. The number of hydrogen-bond acceptors (Lipinski definition) is 1. The van der Waals surface area contributed by atoms with Crippen LogP contribution in [-0.4, -0.2) is 12.7 Å². The summed E-state index contributed by atoms with van der Waals surface area (Å²) in [7, 11) is 0. The minimum atomic E-state index is -0.847. The number of halogens is 3. The molecule has 1 saturated heterocycles. The van der Waals surface area contributed by atoms with Crippen LogP contribution in [0.2, 0.25) is 0 Å². The molecule has 1 nitrogen and oxygen atoms in total. The lowest BCUT2D eigenvalue weighted by Gasteiger charge is -2.29. The Labute approximate surface area is 193 Å². The van der Waals surface area contributed by atoms with Crippen molar-refractivity contribution in [2.75, 3.05) is 6.61 Å². The summed E-state index contributed by atoms with van der Waals surface area (Å²) in [5, 5.41) is 0. The molecule has 0 spiro atoms. The van der Waals surface area contributed by atoms with Crippen molar-refractivity contribution in [3.05, 3.63) is 95.3 Å². The summed E-state index contributed by atoms with van der Waals surface area (Å²) < 4.78 is 49.8. The van der Waals surface area contributed by atoms with Crippen molar-refractivity contribution in [3.63, 3.8) is 0 Å². The molecule has 0 bridgehead atoms. The molecular formula is C29H29F3O. The zero-order chi connectivity index (χ0) is 23.4. The Kier molecular flexibility index (Phi) is 7.34. The molecule has 3 aromatic carbocycles. The Morgan fingerprint density at radius 3 is 2.24 bits per heavy atom. The highest BCUT2D eigenvalue weighted by molar-refractivity contribution is 5.71. The first-order chi connectivity index (χ1) is 16.0. The second-order valence-corrected chi connectivity index (χ2v) is 8.62. The van der Waals surface area contributed by atoms with E-state index in [-0.39, 0.29) is 23.4 Å². The molecule has 0 aromatic heterocycles. The number of hydrogen-bond donors (Lipinski definition) is 0. The molecule has 4 rings (SSSR count). The van der Waals surface area contributed by atoms with Crippen molar-refractivity contribution >= 4 is 0 Å². The second-order valence-electron chi connectivity index (χ2n) is 8.62. The van der Waals surface area contributed by atoms with E-state index < -0.39 is 11.6 Å². The van der Waals surface area contributed by atoms with Gasteiger partial charge in [0.2, 0.25) is 0 Å². The normalized spacial score (nSPS) is 18.7. The predicted octanol–water partition coefficient (Wildman–Crippen LogP) is 8.23. The molecule has 2 atom stereocenters. The maximum Gasteiger partial charge on any atom is 0.166 e. The Morgan fingerprint density at radius 2 is 1.61 bits per heavy atom. The lowest BCUT2D eigenvalue weighted by atomic mass is 9.89. The van der Waals surface area contributed by atoms with E-state index in [0.29, 0.717) is 29.7 Å². The highest BCUT2D eigenvalue weighted by atomic mass is 19.2. The average Bonchev–Trinajstić information content (AvgIpc) is 2.85. The molecule has 1 heterocycles. The van der Waals surface area contributed by atoms with Gasteiger partial charge in [-0.1, -0.05) is 67.6 Å². The van der Waals surface area contributed by atoms with Gasteiger partial charge in [0.25, 0.3) is 0 Å². The average molecular weight is 451 g/mol. The van der Waals surface area contributed by atoms with Crippen molar-refractivity contribution in [1.29, 1.82) is 0 Å². The van der Waals surface area contributed by atoms with E-state index in [1.807, 2.05) is 37.3 Å². The highest BCUT2D eigenvalue weighted by Gasteiger charge is 2.24. The fraction of sp³-hybridized carbons (Fsp3) is 0.310. The van der Waals surface area contributed by atoms with E-state index in [0.717, 1.165) is 30.4 Å². The molecule has 4 heteroatoms. The van der Waals surface area contributed by atoms with Gasteiger partial charge in [0.05, 0.1) is 12.7 Å². The van der Waals surface area contributed by atoms with Gasteiger partial charge in [0.15, 0.2) is 11.6 Å². The van der Waals surface area contributed by atoms with E-state index in [1.54, 1.807) is 36.4 Å². The maximum absolute atomic E-state index is 14.9. The van der Waals surface area contributed by atoms with E-state index in [4.69, 9.17) is 4.74 Å². The molecular weight excluding hydrogens is 421 g/mol. The van der Waals surface area contributed by atoms with Crippen molar-refractivity contribution in [2.45, 2.75) is 51.6 Å². The van der Waals surface area contributed by atoms with Crippen LogP contribution in [0.3, 0.4) is 0 Å². The van der Waals surface area contributed by atoms with Gasteiger partial charge >= 0.3 is 0 Å². The third kappa shape index (κ3) is 5.06. The van der Waals surface area contributed by atoms with Crippen LogP contribution >= 0.6 is 0 Å². The van der Waals surface area contributed by atoms with Crippen molar-refractivity contribution in [2.24, 2.45) is 0 Å². The molecule has 1 aliphatic rings. The van der Waals surface area contributed by atoms with Gasteiger partial charge in [0.1, 0.15) is 5.82 Å². The van der Waals surface area contributed by atoms with Crippen molar-refractivity contribution in [3.8, 4) is 22.3 Å². The van der Waals surface area contributed by atoms with Gasteiger partial charge in [-0.15, -0.1) is 0 Å². The monoisotopic (exact) mass is 450 g/mol.